The van der Waals surface area contributed by atoms with Gasteiger partial charge < -0.3 is 0 Å². The Morgan fingerprint density at radius 1 is 1.47 bits per heavy atom. The first-order valence-corrected chi connectivity index (χ1v) is 6.44. The van der Waals surface area contributed by atoms with E-state index in [9.17, 15) is 4.39 Å². The van der Waals surface area contributed by atoms with Gasteiger partial charge in [-0.2, -0.15) is 0 Å². The van der Waals surface area contributed by atoms with E-state index < -0.39 is 0 Å². The summed E-state index contributed by atoms with van der Waals surface area (Å²) < 4.78 is 14.2. The highest BCUT2D eigenvalue weighted by Crippen LogP contribution is 2.18. The minimum Gasteiger partial charge on any atom is -0.207 e. The molecule has 1 unspecified atom stereocenters. The van der Waals surface area contributed by atoms with Gasteiger partial charge in [-0.1, -0.05) is 28.9 Å². The lowest BCUT2D eigenvalue weighted by molar-refractivity contribution is 0.594. The van der Waals surface area contributed by atoms with E-state index in [1.54, 1.807) is 0 Å². The Morgan fingerprint density at radius 3 is 2.80 bits per heavy atom. The van der Waals surface area contributed by atoms with E-state index in [-0.39, 0.29) is 11.2 Å². The summed E-state index contributed by atoms with van der Waals surface area (Å²) in [4.78, 5) is 0. The molecule has 0 spiro atoms. The molecule has 0 saturated carbocycles. The highest BCUT2D eigenvalue weighted by atomic mass is 79.9. The predicted octanol–water partition coefficient (Wildman–Crippen LogP) is 4.93. The molecule has 1 aromatic rings. The van der Waals surface area contributed by atoms with Crippen LogP contribution in [-0.4, -0.2) is 5.38 Å². The van der Waals surface area contributed by atoms with Gasteiger partial charge in [0, 0.05) is 9.85 Å². The number of alkyl halides is 1. The van der Waals surface area contributed by atoms with E-state index in [4.69, 9.17) is 11.6 Å². The Labute approximate surface area is 104 Å². The minimum absolute atomic E-state index is 0.132. The second-order valence-corrected chi connectivity index (χ2v) is 5.17. The third-order valence-electron chi connectivity index (χ3n) is 2.42. The van der Waals surface area contributed by atoms with Crippen molar-refractivity contribution in [3.8, 4) is 0 Å². The zero-order valence-electron chi connectivity index (χ0n) is 8.77. The molecule has 0 aliphatic rings. The van der Waals surface area contributed by atoms with E-state index in [0.717, 1.165) is 35.7 Å². The molecular weight excluding hydrogens is 278 g/mol. The van der Waals surface area contributed by atoms with Crippen molar-refractivity contribution in [1.29, 1.82) is 0 Å². The first-order valence-electron chi connectivity index (χ1n) is 5.21. The van der Waals surface area contributed by atoms with Crippen LogP contribution in [0, 0.1) is 5.82 Å². The van der Waals surface area contributed by atoms with Crippen LogP contribution in [0.5, 0.6) is 0 Å². The fourth-order valence-electron chi connectivity index (χ4n) is 1.44. The fraction of sp³-hybridized carbons (Fsp3) is 0.500. The van der Waals surface area contributed by atoms with Gasteiger partial charge in [0.25, 0.3) is 0 Å². The molecule has 0 nitrogen and oxygen atoms in total. The molecule has 0 aliphatic carbocycles. The molecule has 0 aliphatic heterocycles. The first-order chi connectivity index (χ1) is 7.13. The van der Waals surface area contributed by atoms with E-state index in [0.29, 0.717) is 0 Å². The molecule has 0 saturated heterocycles. The molecule has 1 aromatic carbocycles. The van der Waals surface area contributed by atoms with Crippen LogP contribution in [-0.2, 0) is 6.42 Å². The number of hydrogen-bond donors (Lipinski definition) is 0. The van der Waals surface area contributed by atoms with Gasteiger partial charge in [-0.05, 0) is 43.4 Å². The molecule has 1 atom stereocenters. The Balaban J connectivity index is 2.44. The van der Waals surface area contributed by atoms with E-state index >= 15 is 0 Å². The van der Waals surface area contributed by atoms with Crippen molar-refractivity contribution in [2.24, 2.45) is 0 Å². The largest absolute Gasteiger partial charge is 0.207 e. The number of benzene rings is 1. The third-order valence-corrected chi connectivity index (χ3v) is 3.44. The standard InChI is InChI=1S/C12H15BrClF/c1-2-11(14)5-3-4-9-6-7-10(13)8-12(9)15/h6-8,11H,2-5H2,1H3. The minimum atomic E-state index is -0.132. The third kappa shape index (κ3) is 4.52. The molecule has 0 heterocycles. The lowest BCUT2D eigenvalue weighted by atomic mass is 10.1. The summed E-state index contributed by atoms with van der Waals surface area (Å²) in [7, 11) is 0. The van der Waals surface area contributed by atoms with Gasteiger partial charge in [0.2, 0.25) is 0 Å². The number of rotatable bonds is 5. The van der Waals surface area contributed by atoms with Crippen molar-refractivity contribution in [3.63, 3.8) is 0 Å². The molecule has 0 bridgehead atoms. The molecule has 0 radical (unpaired) electrons. The van der Waals surface area contributed by atoms with Crippen LogP contribution in [0.15, 0.2) is 22.7 Å². The molecule has 3 heteroatoms. The van der Waals surface area contributed by atoms with Gasteiger partial charge in [-0.15, -0.1) is 11.6 Å². The topological polar surface area (TPSA) is 0 Å². The zero-order chi connectivity index (χ0) is 11.3. The summed E-state index contributed by atoms with van der Waals surface area (Å²) in [6.45, 7) is 2.07. The Morgan fingerprint density at radius 2 is 2.20 bits per heavy atom. The van der Waals surface area contributed by atoms with Gasteiger partial charge in [-0.25, -0.2) is 4.39 Å². The summed E-state index contributed by atoms with van der Waals surface area (Å²) in [5.74, 6) is -0.132. The molecule has 0 N–H and O–H groups in total. The number of hydrogen-bond acceptors (Lipinski definition) is 0. The van der Waals surface area contributed by atoms with E-state index in [2.05, 4.69) is 22.9 Å². The normalized spacial score (nSPS) is 12.8. The molecule has 15 heavy (non-hydrogen) atoms. The fourth-order valence-corrected chi connectivity index (χ4v) is 1.93. The monoisotopic (exact) mass is 292 g/mol. The van der Waals surface area contributed by atoms with Crippen LogP contribution in [0.2, 0.25) is 0 Å². The van der Waals surface area contributed by atoms with Crippen LogP contribution >= 0.6 is 27.5 Å². The molecular formula is C12H15BrClF. The van der Waals surface area contributed by atoms with Crippen LogP contribution in [0.4, 0.5) is 4.39 Å². The Hall–Kier alpha value is -0.0800. The van der Waals surface area contributed by atoms with Crippen LogP contribution < -0.4 is 0 Å². The van der Waals surface area contributed by atoms with Crippen molar-refractivity contribution in [1.82, 2.24) is 0 Å². The number of halogens is 3. The Kier molecular flexibility index (Phi) is 5.62. The van der Waals surface area contributed by atoms with Crippen molar-refractivity contribution in [3.05, 3.63) is 34.1 Å². The maximum absolute atomic E-state index is 13.4. The zero-order valence-corrected chi connectivity index (χ0v) is 11.1. The van der Waals surface area contributed by atoms with Gasteiger partial charge in [-0.3, -0.25) is 0 Å². The smallest absolute Gasteiger partial charge is 0.127 e. The van der Waals surface area contributed by atoms with Crippen molar-refractivity contribution >= 4 is 27.5 Å². The lowest BCUT2D eigenvalue weighted by Crippen LogP contribution is -1.98. The van der Waals surface area contributed by atoms with Crippen molar-refractivity contribution in [2.45, 2.75) is 38.0 Å². The van der Waals surface area contributed by atoms with Crippen molar-refractivity contribution in [2.75, 3.05) is 0 Å². The highest BCUT2D eigenvalue weighted by Gasteiger charge is 2.05. The van der Waals surface area contributed by atoms with Gasteiger partial charge in [0.15, 0.2) is 0 Å². The van der Waals surface area contributed by atoms with Crippen LogP contribution in [0.25, 0.3) is 0 Å². The quantitative estimate of drug-likeness (QED) is 0.675. The van der Waals surface area contributed by atoms with Gasteiger partial charge in [0.1, 0.15) is 5.82 Å². The summed E-state index contributed by atoms with van der Waals surface area (Å²) in [5.41, 5.74) is 0.776. The maximum atomic E-state index is 13.4. The SMILES string of the molecule is CCC(Cl)CCCc1ccc(Br)cc1F. The number of aryl methyl sites for hydroxylation is 1. The average Bonchev–Trinajstić information content (AvgIpc) is 2.21. The van der Waals surface area contributed by atoms with Crippen molar-refractivity contribution < 1.29 is 4.39 Å². The Bertz CT molecular complexity index is 314. The summed E-state index contributed by atoms with van der Waals surface area (Å²) in [6, 6.07) is 5.21. The van der Waals surface area contributed by atoms with E-state index in [1.165, 1.54) is 6.07 Å². The molecule has 0 amide bonds. The van der Waals surface area contributed by atoms with Gasteiger partial charge >= 0.3 is 0 Å². The van der Waals surface area contributed by atoms with Crippen LogP contribution in [0.1, 0.15) is 31.7 Å². The summed E-state index contributed by atoms with van der Waals surface area (Å²) in [6.07, 6.45) is 3.64. The molecule has 0 fully saturated rings. The van der Waals surface area contributed by atoms with Gasteiger partial charge in [0.05, 0.1) is 0 Å². The molecule has 0 aromatic heterocycles. The average molecular weight is 294 g/mol. The first kappa shape index (κ1) is 13.0. The lowest BCUT2D eigenvalue weighted by Gasteiger charge is -2.06. The van der Waals surface area contributed by atoms with Crippen LogP contribution in [0.3, 0.4) is 0 Å². The predicted molar refractivity (Wildman–Crippen MR) is 67.0 cm³/mol. The second kappa shape index (κ2) is 6.49. The second-order valence-electron chi connectivity index (χ2n) is 3.63. The molecule has 84 valence electrons. The van der Waals surface area contributed by atoms with E-state index in [1.807, 2.05) is 12.1 Å². The summed E-state index contributed by atoms with van der Waals surface area (Å²) >= 11 is 9.23. The maximum Gasteiger partial charge on any atom is 0.127 e. The molecule has 1 rings (SSSR count). The highest BCUT2D eigenvalue weighted by molar-refractivity contribution is 9.10. The summed E-state index contributed by atoms with van der Waals surface area (Å²) in [5, 5.41) is 0.225.